The summed E-state index contributed by atoms with van der Waals surface area (Å²) in [5.41, 5.74) is 0.896. The number of hydrogen-bond acceptors (Lipinski definition) is 4. The van der Waals surface area contributed by atoms with Crippen molar-refractivity contribution in [3.05, 3.63) is 30.1 Å². The first-order valence-corrected chi connectivity index (χ1v) is 11.9. The number of rotatable bonds is 6. The highest BCUT2D eigenvalue weighted by molar-refractivity contribution is 5.79. The van der Waals surface area contributed by atoms with Gasteiger partial charge in [0, 0.05) is 38.3 Å². The van der Waals surface area contributed by atoms with Crippen molar-refractivity contribution >= 4 is 11.8 Å². The minimum Gasteiger partial charge on any atom is -0.350 e. The molecule has 3 aliphatic rings. The van der Waals surface area contributed by atoms with Crippen LogP contribution in [0.4, 0.5) is 0 Å². The summed E-state index contributed by atoms with van der Waals surface area (Å²) in [6.07, 6.45) is 11.7. The zero-order chi connectivity index (χ0) is 20.8. The quantitative estimate of drug-likeness (QED) is 0.780. The minimum atomic E-state index is 0.0597. The zero-order valence-corrected chi connectivity index (χ0v) is 18.1. The third-order valence-corrected chi connectivity index (χ3v) is 7.27. The second kappa shape index (κ2) is 10.4. The van der Waals surface area contributed by atoms with Crippen LogP contribution in [0.5, 0.6) is 0 Å². The van der Waals surface area contributed by atoms with Crippen LogP contribution in [0.25, 0.3) is 0 Å². The molecule has 1 atom stereocenters. The van der Waals surface area contributed by atoms with Crippen LogP contribution >= 0.6 is 0 Å². The van der Waals surface area contributed by atoms with Gasteiger partial charge in [0.25, 0.3) is 0 Å². The maximum absolute atomic E-state index is 12.7. The van der Waals surface area contributed by atoms with Crippen molar-refractivity contribution in [1.82, 2.24) is 20.1 Å². The lowest BCUT2D eigenvalue weighted by molar-refractivity contribution is -0.133. The average Bonchev–Trinajstić information content (AvgIpc) is 3.31. The van der Waals surface area contributed by atoms with Crippen LogP contribution in [0.3, 0.4) is 0 Å². The number of carbonyl (C=O) groups is 2. The van der Waals surface area contributed by atoms with E-state index in [9.17, 15) is 9.59 Å². The summed E-state index contributed by atoms with van der Waals surface area (Å²) in [5, 5.41) is 3.07. The Morgan fingerprint density at radius 2 is 1.80 bits per heavy atom. The van der Waals surface area contributed by atoms with E-state index in [0.29, 0.717) is 24.4 Å². The summed E-state index contributed by atoms with van der Waals surface area (Å²) in [4.78, 5) is 34.2. The predicted molar refractivity (Wildman–Crippen MR) is 117 cm³/mol. The fraction of sp³-hybridized carbons (Fsp3) is 0.708. The highest BCUT2D eigenvalue weighted by Gasteiger charge is 2.33. The molecule has 1 aromatic rings. The van der Waals surface area contributed by atoms with Gasteiger partial charge in [-0.25, -0.2) is 0 Å². The molecule has 0 spiro atoms. The molecule has 30 heavy (non-hydrogen) atoms. The molecule has 1 aliphatic carbocycles. The van der Waals surface area contributed by atoms with Crippen molar-refractivity contribution in [2.24, 2.45) is 11.8 Å². The van der Waals surface area contributed by atoms with Crippen LogP contribution < -0.4 is 5.32 Å². The topological polar surface area (TPSA) is 65.5 Å². The number of hydrogen-bond donors (Lipinski definition) is 1. The van der Waals surface area contributed by atoms with Gasteiger partial charge in [0.05, 0.1) is 18.2 Å². The van der Waals surface area contributed by atoms with Gasteiger partial charge >= 0.3 is 0 Å². The second-order valence-corrected chi connectivity index (χ2v) is 9.34. The molecular weight excluding hydrogens is 376 g/mol. The van der Waals surface area contributed by atoms with Crippen molar-refractivity contribution in [2.75, 3.05) is 26.2 Å². The van der Waals surface area contributed by atoms with Gasteiger partial charge in [-0.1, -0.05) is 18.9 Å². The second-order valence-electron chi connectivity index (χ2n) is 9.34. The Bertz CT molecular complexity index is 696. The largest absolute Gasteiger partial charge is 0.350 e. The molecule has 3 fully saturated rings. The Balaban J connectivity index is 1.21. The van der Waals surface area contributed by atoms with Gasteiger partial charge in [0.2, 0.25) is 11.8 Å². The van der Waals surface area contributed by atoms with Crippen molar-refractivity contribution in [2.45, 2.75) is 70.4 Å². The Hall–Kier alpha value is -1.95. The third-order valence-electron chi connectivity index (χ3n) is 7.27. The molecule has 2 saturated heterocycles. The highest BCUT2D eigenvalue weighted by Crippen LogP contribution is 2.29. The molecule has 2 aliphatic heterocycles. The number of aromatic nitrogens is 1. The maximum atomic E-state index is 12.7. The summed E-state index contributed by atoms with van der Waals surface area (Å²) in [6.45, 7) is 4.17. The van der Waals surface area contributed by atoms with E-state index in [1.807, 2.05) is 18.2 Å². The summed E-state index contributed by atoms with van der Waals surface area (Å²) >= 11 is 0. The first-order valence-electron chi connectivity index (χ1n) is 11.9. The first-order chi connectivity index (χ1) is 14.7. The van der Waals surface area contributed by atoms with Gasteiger partial charge in [0.15, 0.2) is 0 Å². The van der Waals surface area contributed by atoms with Crippen LogP contribution in [0, 0.1) is 11.8 Å². The van der Waals surface area contributed by atoms with E-state index in [1.54, 1.807) is 6.20 Å². The molecule has 1 unspecified atom stereocenters. The Kier molecular flexibility index (Phi) is 7.37. The average molecular weight is 413 g/mol. The number of nitrogens with zero attached hydrogens (tertiary/aromatic N) is 3. The molecule has 6 nitrogen and oxygen atoms in total. The van der Waals surface area contributed by atoms with Crippen LogP contribution in [-0.2, 0) is 16.1 Å². The van der Waals surface area contributed by atoms with Gasteiger partial charge in [-0.05, 0) is 63.1 Å². The SMILES string of the molecule is O=C(NCc1ccccn1)C1CCCN(C2CCN(C(=O)CC3CCCC3)CC2)C1. The van der Waals surface area contributed by atoms with Crippen LogP contribution in [0.1, 0.15) is 63.5 Å². The van der Waals surface area contributed by atoms with Crippen LogP contribution in [-0.4, -0.2) is 58.8 Å². The van der Waals surface area contributed by atoms with Gasteiger partial charge in [-0.15, -0.1) is 0 Å². The van der Waals surface area contributed by atoms with Gasteiger partial charge in [-0.3, -0.25) is 19.5 Å². The number of likely N-dealkylation sites (tertiary alicyclic amines) is 2. The minimum absolute atomic E-state index is 0.0597. The Labute approximate surface area is 180 Å². The normalized spacial score (nSPS) is 24.1. The molecule has 3 heterocycles. The van der Waals surface area contributed by atoms with E-state index in [1.165, 1.54) is 25.7 Å². The van der Waals surface area contributed by atoms with Crippen LogP contribution in [0.15, 0.2) is 24.4 Å². The van der Waals surface area contributed by atoms with Crippen molar-refractivity contribution in [1.29, 1.82) is 0 Å². The number of carbonyl (C=O) groups excluding carboxylic acids is 2. The predicted octanol–water partition coefficient (Wildman–Crippen LogP) is 2.98. The Morgan fingerprint density at radius 3 is 2.53 bits per heavy atom. The van der Waals surface area contributed by atoms with Gasteiger partial charge < -0.3 is 10.2 Å². The van der Waals surface area contributed by atoms with E-state index in [0.717, 1.165) is 64.0 Å². The first kappa shape index (κ1) is 21.3. The lowest BCUT2D eigenvalue weighted by Crippen LogP contribution is -2.51. The lowest BCUT2D eigenvalue weighted by Gasteiger charge is -2.42. The fourth-order valence-corrected chi connectivity index (χ4v) is 5.45. The van der Waals surface area contributed by atoms with Gasteiger partial charge in [-0.2, -0.15) is 0 Å². The van der Waals surface area contributed by atoms with E-state index in [-0.39, 0.29) is 11.8 Å². The third kappa shape index (κ3) is 5.60. The maximum Gasteiger partial charge on any atom is 0.224 e. The van der Waals surface area contributed by atoms with E-state index in [4.69, 9.17) is 0 Å². The summed E-state index contributed by atoms with van der Waals surface area (Å²) in [5.74, 6) is 1.20. The van der Waals surface area contributed by atoms with Crippen molar-refractivity contribution in [3.8, 4) is 0 Å². The molecular formula is C24H36N4O2. The van der Waals surface area contributed by atoms with Crippen molar-refractivity contribution < 1.29 is 9.59 Å². The monoisotopic (exact) mass is 412 g/mol. The molecule has 4 rings (SSSR count). The van der Waals surface area contributed by atoms with E-state index >= 15 is 0 Å². The molecule has 1 N–H and O–H groups in total. The van der Waals surface area contributed by atoms with Crippen LogP contribution in [0.2, 0.25) is 0 Å². The number of nitrogens with one attached hydrogen (secondary N) is 1. The summed E-state index contributed by atoms with van der Waals surface area (Å²) < 4.78 is 0. The van der Waals surface area contributed by atoms with E-state index < -0.39 is 0 Å². The lowest BCUT2D eigenvalue weighted by atomic mass is 9.93. The molecule has 6 heteroatoms. The molecule has 1 aromatic heterocycles. The van der Waals surface area contributed by atoms with Gasteiger partial charge in [0.1, 0.15) is 0 Å². The molecule has 164 valence electrons. The Morgan fingerprint density at radius 1 is 1.00 bits per heavy atom. The number of amides is 2. The molecule has 0 bridgehead atoms. The molecule has 0 aromatic carbocycles. The molecule has 0 radical (unpaired) electrons. The smallest absolute Gasteiger partial charge is 0.224 e. The number of pyridine rings is 1. The fourth-order valence-electron chi connectivity index (χ4n) is 5.45. The number of piperidine rings is 2. The molecule has 2 amide bonds. The standard InChI is InChI=1S/C24H36N4O2/c29-23(16-19-6-1-2-7-19)27-14-10-22(11-15-27)28-13-5-8-20(18-28)24(30)26-17-21-9-3-4-12-25-21/h3-4,9,12,19-20,22H,1-2,5-8,10-11,13-18H2,(H,26,30). The summed E-state index contributed by atoms with van der Waals surface area (Å²) in [7, 11) is 0. The molecule has 1 saturated carbocycles. The van der Waals surface area contributed by atoms with E-state index in [2.05, 4.69) is 20.1 Å². The zero-order valence-electron chi connectivity index (χ0n) is 18.1. The van der Waals surface area contributed by atoms with Crippen molar-refractivity contribution in [3.63, 3.8) is 0 Å². The summed E-state index contributed by atoms with van der Waals surface area (Å²) in [6, 6.07) is 6.28. The highest BCUT2D eigenvalue weighted by atomic mass is 16.2.